The maximum atomic E-state index is 14.3. The van der Waals surface area contributed by atoms with Gasteiger partial charge in [0.05, 0.1) is 21.2 Å². The molecule has 0 radical (unpaired) electrons. The van der Waals surface area contributed by atoms with Crippen molar-refractivity contribution >= 4 is 60.0 Å². The van der Waals surface area contributed by atoms with Crippen molar-refractivity contribution in [3.05, 3.63) is 59.1 Å². The Kier molecular flexibility index (Phi) is 6.18. The van der Waals surface area contributed by atoms with Crippen LogP contribution in [0, 0.1) is 0 Å². The molecule has 1 aliphatic carbocycles. The molecule has 0 bridgehead atoms. The predicted octanol–water partition coefficient (Wildman–Crippen LogP) is 5.53. The minimum absolute atomic E-state index is 0.0323. The highest BCUT2D eigenvalue weighted by atomic mass is 79.9. The van der Waals surface area contributed by atoms with E-state index in [1.54, 1.807) is 31.3 Å². The van der Waals surface area contributed by atoms with E-state index in [1.165, 1.54) is 0 Å². The Hall–Kier alpha value is -2.23. The average Bonchev–Trinajstić information content (AvgIpc) is 3.60. The summed E-state index contributed by atoms with van der Waals surface area (Å²) in [7, 11) is -1.42. The third-order valence-corrected chi connectivity index (χ3v) is 9.01. The summed E-state index contributed by atoms with van der Waals surface area (Å²) in [5.74, 6) is -1.13. The molecule has 3 aromatic rings. The first-order valence-electron chi connectivity index (χ1n) is 9.64. The van der Waals surface area contributed by atoms with E-state index >= 15 is 0 Å². The maximum Gasteiger partial charge on any atom is 0.313 e. The van der Waals surface area contributed by atoms with Crippen LogP contribution in [0.15, 0.2) is 73.2 Å². The van der Waals surface area contributed by atoms with Crippen LogP contribution in [-0.2, 0) is 14.7 Å². The molecule has 4 rings (SSSR count). The predicted molar refractivity (Wildman–Crippen MR) is 128 cm³/mol. The molecule has 0 aliphatic heterocycles. The number of phenolic OH excluding ortho intramolecular Hbond substituents is 1. The number of phenols is 1. The Morgan fingerprint density at radius 1 is 1.19 bits per heavy atom. The van der Waals surface area contributed by atoms with Gasteiger partial charge in [-0.25, -0.2) is 8.57 Å². The van der Waals surface area contributed by atoms with Crippen LogP contribution >= 0.6 is 27.7 Å². The van der Waals surface area contributed by atoms with Gasteiger partial charge in [-0.05, 0) is 43.2 Å². The molecule has 9 heteroatoms. The van der Waals surface area contributed by atoms with E-state index in [4.69, 9.17) is 5.11 Å². The van der Waals surface area contributed by atoms with Crippen molar-refractivity contribution in [2.45, 2.75) is 28.7 Å². The van der Waals surface area contributed by atoms with Crippen LogP contribution in [0.1, 0.15) is 12.8 Å². The van der Waals surface area contributed by atoms with Gasteiger partial charge in [-0.1, -0.05) is 40.2 Å². The first-order valence-corrected chi connectivity index (χ1v) is 12.9. The van der Waals surface area contributed by atoms with Crippen LogP contribution in [0.4, 0.5) is 5.69 Å². The number of carbonyl (C=O) groups is 1. The standard InChI is InChI=1S/C22H21BrN2O4S2/c1-24-31(29,16-10-6-14(23)7-11-16)25(15-8-9-15)19-12-20(30-13-21(26)27)22(28)18-5-3-2-4-17(18)19/h2-7,10-12,15,28H,8-9,13H2,1H3,(H,26,27). The highest BCUT2D eigenvalue weighted by Gasteiger charge is 2.38. The Balaban J connectivity index is 1.95. The van der Waals surface area contributed by atoms with Gasteiger partial charge in [-0.3, -0.25) is 9.10 Å². The lowest BCUT2D eigenvalue weighted by Crippen LogP contribution is -2.33. The molecule has 1 unspecified atom stereocenters. The highest BCUT2D eigenvalue weighted by molar-refractivity contribution is 9.10. The Morgan fingerprint density at radius 3 is 2.42 bits per heavy atom. The van der Waals surface area contributed by atoms with Crippen LogP contribution in [-0.4, -0.2) is 39.2 Å². The molecular formula is C22H21BrN2O4S2. The van der Waals surface area contributed by atoms with E-state index in [9.17, 15) is 14.1 Å². The van der Waals surface area contributed by atoms with Crippen LogP contribution in [0.25, 0.3) is 10.8 Å². The number of halogens is 1. The minimum atomic E-state index is -2.98. The van der Waals surface area contributed by atoms with Crippen molar-refractivity contribution in [3.63, 3.8) is 0 Å². The van der Waals surface area contributed by atoms with E-state index < -0.39 is 15.9 Å². The van der Waals surface area contributed by atoms with E-state index in [1.807, 2.05) is 34.6 Å². The van der Waals surface area contributed by atoms with Crippen LogP contribution in [0.5, 0.6) is 5.75 Å². The second-order valence-electron chi connectivity index (χ2n) is 7.16. The molecule has 1 aliphatic rings. The summed E-state index contributed by atoms with van der Waals surface area (Å²) in [6.07, 6.45) is 1.77. The number of thioether (sulfide) groups is 1. The molecule has 162 valence electrons. The number of aromatic hydroxyl groups is 1. The highest BCUT2D eigenvalue weighted by Crippen LogP contribution is 2.46. The summed E-state index contributed by atoms with van der Waals surface area (Å²) in [4.78, 5) is 12.2. The summed E-state index contributed by atoms with van der Waals surface area (Å²) in [5, 5.41) is 21.3. The van der Waals surface area contributed by atoms with Gasteiger partial charge in [0.15, 0.2) is 9.92 Å². The fraction of sp³-hybridized carbons (Fsp3) is 0.227. The SMILES string of the molecule is CN=S(=O)(c1ccc(Br)cc1)N(c1cc(SCC(=O)O)c(O)c2ccccc12)C1CC1. The zero-order valence-corrected chi connectivity index (χ0v) is 19.9. The Labute approximate surface area is 193 Å². The molecule has 1 atom stereocenters. The normalized spacial score (nSPS) is 15.4. The molecule has 0 spiro atoms. The number of carboxylic acids is 1. The number of hydrogen-bond donors (Lipinski definition) is 2. The van der Waals surface area contributed by atoms with Crippen molar-refractivity contribution in [1.82, 2.24) is 0 Å². The van der Waals surface area contributed by atoms with E-state index in [0.717, 1.165) is 34.5 Å². The van der Waals surface area contributed by atoms with E-state index in [0.29, 0.717) is 20.9 Å². The zero-order chi connectivity index (χ0) is 22.2. The number of nitrogens with zero attached hydrogens (tertiary/aromatic N) is 2. The number of fused-ring (bicyclic) bond motifs is 1. The second-order valence-corrected chi connectivity index (χ2v) is 11.3. The lowest BCUT2D eigenvalue weighted by molar-refractivity contribution is -0.133. The van der Waals surface area contributed by atoms with Gasteiger partial charge >= 0.3 is 5.97 Å². The molecule has 2 N–H and O–H groups in total. The van der Waals surface area contributed by atoms with Gasteiger partial charge in [0.1, 0.15) is 5.75 Å². The summed E-state index contributed by atoms with van der Waals surface area (Å²) in [6.45, 7) is 0. The van der Waals surface area contributed by atoms with Crippen molar-refractivity contribution in [1.29, 1.82) is 0 Å². The third kappa shape index (κ3) is 4.26. The molecular weight excluding hydrogens is 500 g/mol. The summed E-state index contributed by atoms with van der Waals surface area (Å²) >= 11 is 4.46. The van der Waals surface area contributed by atoms with Crippen molar-refractivity contribution in [2.75, 3.05) is 17.1 Å². The first-order chi connectivity index (χ1) is 14.8. The topological polar surface area (TPSA) is 90.2 Å². The monoisotopic (exact) mass is 520 g/mol. The first kappa shape index (κ1) is 22.0. The van der Waals surface area contributed by atoms with E-state index in [2.05, 4.69) is 20.3 Å². The van der Waals surface area contributed by atoms with Crippen LogP contribution < -0.4 is 4.31 Å². The van der Waals surface area contributed by atoms with Gasteiger partial charge in [-0.15, -0.1) is 11.8 Å². The largest absolute Gasteiger partial charge is 0.506 e. The molecule has 0 amide bonds. The number of hydrogen-bond acceptors (Lipinski definition) is 5. The van der Waals surface area contributed by atoms with Crippen molar-refractivity contribution < 1.29 is 19.2 Å². The third-order valence-electron chi connectivity index (χ3n) is 5.06. The van der Waals surface area contributed by atoms with E-state index in [-0.39, 0.29) is 17.5 Å². The Morgan fingerprint density at radius 2 is 1.84 bits per heavy atom. The summed E-state index contributed by atoms with van der Waals surface area (Å²) < 4.78 is 21.4. The molecule has 31 heavy (non-hydrogen) atoms. The lowest BCUT2D eigenvalue weighted by atomic mass is 10.1. The summed E-state index contributed by atoms with van der Waals surface area (Å²) in [5.41, 5.74) is 0.683. The van der Waals surface area contributed by atoms with Gasteiger partial charge in [0.2, 0.25) is 0 Å². The minimum Gasteiger partial charge on any atom is -0.506 e. The quantitative estimate of drug-likeness (QED) is 0.400. The average molecular weight is 521 g/mol. The fourth-order valence-corrected chi connectivity index (χ4v) is 6.63. The van der Waals surface area contributed by atoms with Crippen molar-refractivity contribution in [2.24, 2.45) is 4.36 Å². The number of anilines is 1. The van der Waals surface area contributed by atoms with Crippen molar-refractivity contribution in [3.8, 4) is 5.75 Å². The van der Waals surface area contributed by atoms with Gasteiger partial charge in [0.25, 0.3) is 0 Å². The van der Waals surface area contributed by atoms with Crippen LogP contribution in [0.3, 0.4) is 0 Å². The fourth-order valence-electron chi connectivity index (χ4n) is 3.51. The molecule has 1 saturated carbocycles. The molecule has 6 nitrogen and oxygen atoms in total. The van der Waals surface area contributed by atoms with Crippen LogP contribution in [0.2, 0.25) is 0 Å². The summed E-state index contributed by atoms with van der Waals surface area (Å²) in [6, 6.07) is 16.4. The zero-order valence-electron chi connectivity index (χ0n) is 16.7. The number of rotatable bonds is 7. The molecule has 3 aromatic carbocycles. The van der Waals surface area contributed by atoms with Gasteiger partial charge in [0, 0.05) is 28.3 Å². The number of benzene rings is 3. The van der Waals surface area contributed by atoms with Gasteiger partial charge in [-0.2, -0.15) is 0 Å². The number of carboxylic acid groups (broad SMARTS) is 1. The van der Waals surface area contributed by atoms with Gasteiger partial charge < -0.3 is 10.2 Å². The molecule has 0 saturated heterocycles. The molecule has 1 fully saturated rings. The maximum absolute atomic E-state index is 14.3. The smallest absolute Gasteiger partial charge is 0.313 e. The Bertz CT molecular complexity index is 1270. The lowest BCUT2D eigenvalue weighted by Gasteiger charge is -2.30. The number of aliphatic carboxylic acids is 1. The second kappa shape index (κ2) is 8.72. The molecule has 0 aromatic heterocycles. The molecule has 0 heterocycles.